The molecule has 0 heterocycles. The maximum Gasteiger partial charge on any atom is 0.243 e. The van der Waals surface area contributed by atoms with Gasteiger partial charge >= 0.3 is 0 Å². The highest BCUT2D eigenvalue weighted by Gasteiger charge is 2.29. The molecule has 0 aliphatic rings. The molecule has 1 N–H and O–H groups in total. The summed E-state index contributed by atoms with van der Waals surface area (Å²) in [4.78, 5) is 12.9. The molecule has 3 aromatic rings. The lowest BCUT2D eigenvalue weighted by molar-refractivity contribution is -0.122. The number of ether oxygens (including phenoxy) is 1. The van der Waals surface area contributed by atoms with Crippen molar-refractivity contribution >= 4 is 21.6 Å². The van der Waals surface area contributed by atoms with E-state index in [1.54, 1.807) is 31.2 Å². The minimum Gasteiger partial charge on any atom is -0.457 e. The number of benzene rings is 3. The molecule has 0 spiro atoms. The van der Waals surface area contributed by atoms with E-state index in [1.807, 2.05) is 67.6 Å². The Kier molecular flexibility index (Phi) is 8.11. The van der Waals surface area contributed by atoms with Crippen LogP contribution in [-0.4, -0.2) is 32.7 Å². The van der Waals surface area contributed by atoms with Crippen molar-refractivity contribution in [3.05, 3.63) is 90.5 Å². The Morgan fingerprint density at radius 2 is 1.42 bits per heavy atom. The number of aryl methyl sites for hydroxylation is 1. The molecule has 3 rings (SSSR count). The van der Waals surface area contributed by atoms with E-state index in [1.165, 1.54) is 5.56 Å². The topological polar surface area (TPSA) is 75.7 Å². The lowest BCUT2D eigenvalue weighted by Gasteiger charge is -2.29. The summed E-state index contributed by atoms with van der Waals surface area (Å²) >= 11 is 0. The minimum absolute atomic E-state index is 0.0942. The second-order valence-corrected chi connectivity index (χ2v) is 9.94. The third-order valence-corrected chi connectivity index (χ3v) is 6.50. The fraction of sp³-hybridized carbons (Fsp3) is 0.269. The van der Waals surface area contributed by atoms with E-state index in [-0.39, 0.29) is 11.9 Å². The van der Waals surface area contributed by atoms with Gasteiger partial charge in [0.25, 0.3) is 0 Å². The van der Waals surface area contributed by atoms with Crippen LogP contribution in [0.4, 0.5) is 5.69 Å². The van der Waals surface area contributed by atoms with Gasteiger partial charge in [0.05, 0.1) is 11.9 Å². The molecule has 1 amide bonds. The molecule has 0 saturated heterocycles. The number of hydrogen-bond donors (Lipinski definition) is 1. The maximum absolute atomic E-state index is 12.9. The predicted molar refractivity (Wildman–Crippen MR) is 132 cm³/mol. The molecule has 0 fully saturated rings. The van der Waals surface area contributed by atoms with Gasteiger partial charge in [0.2, 0.25) is 15.9 Å². The molecule has 0 aliphatic heterocycles. The first-order valence-electron chi connectivity index (χ1n) is 10.9. The van der Waals surface area contributed by atoms with Gasteiger partial charge in [-0.2, -0.15) is 0 Å². The van der Waals surface area contributed by atoms with Crippen molar-refractivity contribution in [3.63, 3.8) is 0 Å². The van der Waals surface area contributed by atoms with E-state index in [0.717, 1.165) is 23.4 Å². The number of hydrogen-bond acceptors (Lipinski definition) is 4. The number of anilines is 1. The molecule has 2 atom stereocenters. The van der Waals surface area contributed by atoms with Gasteiger partial charge in [0, 0.05) is 6.04 Å². The third-order valence-electron chi connectivity index (χ3n) is 5.26. The zero-order valence-electron chi connectivity index (χ0n) is 19.1. The number of amides is 1. The van der Waals surface area contributed by atoms with Crippen molar-refractivity contribution in [1.82, 2.24) is 5.32 Å². The van der Waals surface area contributed by atoms with Crippen LogP contribution in [0.5, 0.6) is 11.5 Å². The molecule has 174 valence electrons. The van der Waals surface area contributed by atoms with E-state index >= 15 is 0 Å². The van der Waals surface area contributed by atoms with Crippen molar-refractivity contribution in [2.24, 2.45) is 0 Å². The van der Waals surface area contributed by atoms with Crippen molar-refractivity contribution < 1.29 is 17.9 Å². The van der Waals surface area contributed by atoms with Crippen molar-refractivity contribution in [2.75, 3.05) is 10.6 Å². The predicted octanol–water partition coefficient (Wildman–Crippen LogP) is 4.77. The van der Waals surface area contributed by atoms with Crippen LogP contribution in [-0.2, 0) is 21.2 Å². The number of nitrogens with one attached hydrogen (secondary N) is 1. The molecule has 0 unspecified atom stereocenters. The molecular weight excluding hydrogens is 436 g/mol. The zero-order chi connectivity index (χ0) is 23.8. The monoisotopic (exact) mass is 466 g/mol. The first-order valence-corrected chi connectivity index (χ1v) is 12.8. The summed E-state index contributed by atoms with van der Waals surface area (Å²) in [5, 5.41) is 2.95. The Morgan fingerprint density at radius 3 is 2.00 bits per heavy atom. The van der Waals surface area contributed by atoms with Crippen LogP contribution in [0.1, 0.15) is 25.8 Å². The highest BCUT2D eigenvalue weighted by molar-refractivity contribution is 7.92. The minimum atomic E-state index is -3.69. The standard InChI is InChI=1S/C26H30N2O4S/c1-20(14-15-22-10-6-4-7-11-22)27-26(29)21(2)28(33(3,30)31)23-16-18-25(19-17-23)32-24-12-8-5-9-13-24/h4-13,16-21H,14-15H2,1-3H3,(H,27,29)/t20-,21-/m1/s1. The summed E-state index contributed by atoms with van der Waals surface area (Å²) in [7, 11) is -3.69. The summed E-state index contributed by atoms with van der Waals surface area (Å²) in [5.41, 5.74) is 1.60. The summed E-state index contributed by atoms with van der Waals surface area (Å²) in [6, 6.07) is 25.0. The van der Waals surface area contributed by atoms with Crippen LogP contribution in [0.2, 0.25) is 0 Å². The van der Waals surface area contributed by atoms with Crippen molar-refractivity contribution in [2.45, 2.75) is 38.8 Å². The summed E-state index contributed by atoms with van der Waals surface area (Å²) in [6.45, 7) is 3.52. The summed E-state index contributed by atoms with van der Waals surface area (Å²) in [6.07, 6.45) is 2.69. The highest BCUT2D eigenvalue weighted by atomic mass is 32.2. The first-order chi connectivity index (χ1) is 15.7. The smallest absolute Gasteiger partial charge is 0.243 e. The van der Waals surface area contributed by atoms with E-state index in [0.29, 0.717) is 17.2 Å². The Hall–Kier alpha value is -3.32. The highest BCUT2D eigenvalue weighted by Crippen LogP contribution is 2.27. The number of carbonyl (C=O) groups is 1. The van der Waals surface area contributed by atoms with Crippen LogP contribution < -0.4 is 14.4 Å². The fourth-order valence-electron chi connectivity index (χ4n) is 3.56. The maximum atomic E-state index is 12.9. The first kappa shape index (κ1) is 24.3. The molecule has 0 saturated carbocycles. The number of para-hydroxylation sites is 1. The van der Waals surface area contributed by atoms with Gasteiger partial charge in [-0.05, 0) is 68.7 Å². The number of rotatable bonds is 10. The van der Waals surface area contributed by atoms with Crippen LogP contribution >= 0.6 is 0 Å². The number of carbonyl (C=O) groups excluding carboxylic acids is 1. The molecule has 7 heteroatoms. The van der Waals surface area contributed by atoms with Gasteiger partial charge in [-0.15, -0.1) is 0 Å². The third kappa shape index (κ3) is 7.08. The van der Waals surface area contributed by atoms with Gasteiger partial charge in [-0.3, -0.25) is 9.10 Å². The molecule has 6 nitrogen and oxygen atoms in total. The average molecular weight is 467 g/mol. The van der Waals surface area contributed by atoms with Gasteiger partial charge in [0.1, 0.15) is 17.5 Å². The zero-order valence-corrected chi connectivity index (χ0v) is 20.0. The molecule has 33 heavy (non-hydrogen) atoms. The second-order valence-electron chi connectivity index (χ2n) is 8.08. The molecule has 0 radical (unpaired) electrons. The molecule has 0 aromatic heterocycles. The molecule has 0 bridgehead atoms. The molecule has 0 aliphatic carbocycles. The van der Waals surface area contributed by atoms with Crippen molar-refractivity contribution in [3.8, 4) is 11.5 Å². The van der Waals surface area contributed by atoms with Crippen LogP contribution in [0, 0.1) is 0 Å². The average Bonchev–Trinajstić information content (AvgIpc) is 2.79. The van der Waals surface area contributed by atoms with Gasteiger partial charge in [-0.25, -0.2) is 8.42 Å². The Bertz CT molecular complexity index is 1130. The second kappa shape index (κ2) is 11.0. The number of nitrogens with zero attached hydrogens (tertiary/aromatic N) is 1. The van der Waals surface area contributed by atoms with Crippen molar-refractivity contribution in [1.29, 1.82) is 0 Å². The van der Waals surface area contributed by atoms with Crippen LogP contribution in [0.25, 0.3) is 0 Å². The van der Waals surface area contributed by atoms with Gasteiger partial charge in [0.15, 0.2) is 0 Å². The summed E-state index contributed by atoms with van der Waals surface area (Å²) < 4.78 is 32.0. The van der Waals surface area contributed by atoms with Crippen LogP contribution in [0.3, 0.4) is 0 Å². The van der Waals surface area contributed by atoms with E-state index < -0.39 is 16.1 Å². The van der Waals surface area contributed by atoms with E-state index in [2.05, 4.69) is 5.32 Å². The lowest BCUT2D eigenvalue weighted by atomic mass is 10.1. The Labute approximate surface area is 196 Å². The lowest BCUT2D eigenvalue weighted by Crippen LogP contribution is -2.49. The van der Waals surface area contributed by atoms with E-state index in [9.17, 15) is 13.2 Å². The SMILES string of the molecule is C[C@H](CCc1ccccc1)NC(=O)[C@@H](C)N(c1ccc(Oc2ccccc2)cc1)S(C)(=O)=O. The Balaban J connectivity index is 1.66. The Morgan fingerprint density at radius 1 is 0.879 bits per heavy atom. The quantitative estimate of drug-likeness (QED) is 0.467. The van der Waals surface area contributed by atoms with Crippen LogP contribution in [0.15, 0.2) is 84.9 Å². The largest absolute Gasteiger partial charge is 0.457 e. The summed E-state index contributed by atoms with van der Waals surface area (Å²) in [5.74, 6) is 0.915. The van der Waals surface area contributed by atoms with Gasteiger partial charge in [-0.1, -0.05) is 48.5 Å². The fourth-order valence-corrected chi connectivity index (χ4v) is 4.73. The number of sulfonamides is 1. The van der Waals surface area contributed by atoms with E-state index in [4.69, 9.17) is 4.74 Å². The molecule has 3 aromatic carbocycles. The van der Waals surface area contributed by atoms with Gasteiger partial charge < -0.3 is 10.1 Å². The normalized spacial score (nSPS) is 13.1. The molecular formula is C26H30N2O4S.